The minimum atomic E-state index is -0.187. The molecule has 5 heteroatoms. The molecule has 2 unspecified atom stereocenters. The van der Waals surface area contributed by atoms with Gasteiger partial charge in [0.2, 0.25) is 0 Å². The molecular formula is C30H39NO4. The second-order valence-corrected chi connectivity index (χ2v) is 10.4. The summed E-state index contributed by atoms with van der Waals surface area (Å²) in [6.07, 6.45) is -0.121. The lowest BCUT2D eigenvalue weighted by Gasteiger charge is -2.44. The summed E-state index contributed by atoms with van der Waals surface area (Å²) in [5.41, 5.74) is 3.92. The van der Waals surface area contributed by atoms with Gasteiger partial charge in [0, 0.05) is 11.6 Å². The first-order chi connectivity index (χ1) is 16.5. The number of benzene rings is 3. The highest BCUT2D eigenvalue weighted by Crippen LogP contribution is 2.37. The summed E-state index contributed by atoms with van der Waals surface area (Å²) >= 11 is 0. The lowest BCUT2D eigenvalue weighted by atomic mass is 9.92. The summed E-state index contributed by atoms with van der Waals surface area (Å²) in [4.78, 5) is 6.63. The molecule has 0 aliphatic carbocycles. The first-order valence-electron chi connectivity index (χ1n) is 12.2. The Hall–Kier alpha value is -2.86. The third kappa shape index (κ3) is 7.56. The average molecular weight is 478 g/mol. The first kappa shape index (κ1) is 26.7. The average Bonchev–Trinajstić information content (AvgIpc) is 2.78. The Morgan fingerprint density at radius 3 is 1.86 bits per heavy atom. The molecule has 35 heavy (non-hydrogen) atoms. The molecule has 3 aromatic carbocycles. The smallest absolute Gasteiger partial charge is 0.119 e. The molecule has 0 bridgehead atoms. The van der Waals surface area contributed by atoms with Gasteiger partial charge in [0.1, 0.15) is 17.6 Å². The van der Waals surface area contributed by atoms with Crippen LogP contribution < -0.4 is 0 Å². The van der Waals surface area contributed by atoms with Gasteiger partial charge < -0.3 is 14.9 Å². The molecule has 188 valence electrons. The molecule has 0 fully saturated rings. The molecule has 0 saturated carbocycles. The van der Waals surface area contributed by atoms with E-state index in [-0.39, 0.29) is 29.2 Å². The number of aromatic hydroxyl groups is 2. The van der Waals surface area contributed by atoms with Crippen LogP contribution in [0.1, 0.15) is 75.9 Å². The van der Waals surface area contributed by atoms with Crippen LogP contribution in [0.15, 0.2) is 72.8 Å². The van der Waals surface area contributed by atoms with Crippen molar-refractivity contribution in [3.8, 4) is 11.5 Å². The molecular weight excluding hydrogens is 438 g/mol. The van der Waals surface area contributed by atoms with Crippen molar-refractivity contribution in [2.45, 2.75) is 72.4 Å². The number of rotatable bonds is 10. The first-order valence-corrected chi connectivity index (χ1v) is 12.2. The van der Waals surface area contributed by atoms with Crippen LogP contribution in [0.2, 0.25) is 0 Å². The van der Waals surface area contributed by atoms with Crippen LogP contribution in [0.25, 0.3) is 0 Å². The molecule has 0 heterocycles. The van der Waals surface area contributed by atoms with Crippen LogP contribution in [0, 0.1) is 5.92 Å². The van der Waals surface area contributed by atoms with Gasteiger partial charge in [-0.1, -0.05) is 68.4 Å². The van der Waals surface area contributed by atoms with Gasteiger partial charge in [-0.15, -0.1) is 0 Å². The zero-order valence-corrected chi connectivity index (χ0v) is 21.7. The van der Waals surface area contributed by atoms with E-state index in [0.717, 1.165) is 16.7 Å². The zero-order chi connectivity index (χ0) is 25.6. The van der Waals surface area contributed by atoms with E-state index in [1.807, 2.05) is 18.2 Å². The summed E-state index contributed by atoms with van der Waals surface area (Å²) in [5, 5.41) is 21.4. The monoisotopic (exact) mass is 477 g/mol. The van der Waals surface area contributed by atoms with Crippen LogP contribution in [-0.4, -0.2) is 20.8 Å². The summed E-state index contributed by atoms with van der Waals surface area (Å²) in [6.45, 7) is 13.8. The van der Waals surface area contributed by atoms with Gasteiger partial charge in [-0.25, -0.2) is 0 Å². The Balaban J connectivity index is 1.66. The highest BCUT2D eigenvalue weighted by Gasteiger charge is 2.34. The van der Waals surface area contributed by atoms with Gasteiger partial charge in [0.25, 0.3) is 0 Å². The third-order valence-electron chi connectivity index (χ3n) is 5.91. The minimum Gasteiger partial charge on any atom is -0.508 e. The highest BCUT2D eigenvalue weighted by atomic mass is 16.7. The zero-order valence-electron chi connectivity index (χ0n) is 21.7. The number of hydrogen-bond acceptors (Lipinski definition) is 5. The fourth-order valence-electron chi connectivity index (χ4n) is 4.22. The van der Waals surface area contributed by atoms with Crippen LogP contribution in [0.4, 0.5) is 0 Å². The molecule has 2 atom stereocenters. The summed E-state index contributed by atoms with van der Waals surface area (Å²) in [7, 11) is 0. The Kier molecular flexibility index (Phi) is 8.95. The van der Waals surface area contributed by atoms with E-state index in [4.69, 9.17) is 9.57 Å². The summed E-state index contributed by atoms with van der Waals surface area (Å²) in [6, 6.07) is 23.4. The van der Waals surface area contributed by atoms with Crippen LogP contribution in [0.5, 0.6) is 11.5 Å². The molecule has 0 saturated heterocycles. The number of hydroxylamine groups is 2. The molecule has 0 aliphatic heterocycles. The van der Waals surface area contributed by atoms with Crippen LogP contribution in [0.3, 0.4) is 0 Å². The largest absolute Gasteiger partial charge is 0.508 e. The maximum absolute atomic E-state index is 9.60. The highest BCUT2D eigenvalue weighted by molar-refractivity contribution is 5.36. The maximum atomic E-state index is 9.60. The number of phenols is 2. The Morgan fingerprint density at radius 1 is 0.743 bits per heavy atom. The van der Waals surface area contributed by atoms with Crippen molar-refractivity contribution in [3.63, 3.8) is 0 Å². The quantitative estimate of drug-likeness (QED) is 0.300. The van der Waals surface area contributed by atoms with Gasteiger partial charge in [-0.05, 0) is 68.0 Å². The Labute approximate surface area is 209 Å². The maximum Gasteiger partial charge on any atom is 0.119 e. The molecule has 5 nitrogen and oxygen atoms in total. The van der Waals surface area contributed by atoms with E-state index in [1.54, 1.807) is 12.1 Å². The third-order valence-corrected chi connectivity index (χ3v) is 5.91. The second kappa shape index (κ2) is 11.7. The standard InChI is InChI=1S/C30H39NO4/c1-21(2)29(26-10-8-7-9-11-26)31(30(4,5)6)35-22(3)25-14-12-23(13-15-25)19-34-20-24-16-27(32)18-28(33)17-24/h7-18,21-22,29,32-33H,19-20H2,1-6H3. The van der Waals surface area contributed by atoms with Gasteiger partial charge in [-0.3, -0.25) is 4.84 Å². The Bertz CT molecular complexity index is 1040. The van der Waals surface area contributed by atoms with E-state index in [9.17, 15) is 10.2 Å². The number of phenolic OH excluding ortho intramolecular Hbond substituents is 2. The van der Waals surface area contributed by atoms with Crippen molar-refractivity contribution < 1.29 is 19.8 Å². The molecule has 0 aliphatic rings. The van der Waals surface area contributed by atoms with Crippen molar-refractivity contribution >= 4 is 0 Å². The van der Waals surface area contributed by atoms with Crippen molar-refractivity contribution in [2.75, 3.05) is 0 Å². The summed E-state index contributed by atoms with van der Waals surface area (Å²) < 4.78 is 5.77. The van der Waals surface area contributed by atoms with Gasteiger partial charge in [-0.2, -0.15) is 5.06 Å². The molecule has 2 N–H and O–H groups in total. The molecule has 3 rings (SSSR count). The lowest BCUT2D eigenvalue weighted by Crippen LogP contribution is -2.46. The molecule has 3 aromatic rings. The van der Waals surface area contributed by atoms with E-state index in [1.165, 1.54) is 11.6 Å². The Morgan fingerprint density at radius 2 is 1.31 bits per heavy atom. The van der Waals surface area contributed by atoms with Crippen molar-refractivity contribution in [1.29, 1.82) is 0 Å². The fraction of sp³-hybridized carbons (Fsp3) is 0.400. The number of hydrogen-bond donors (Lipinski definition) is 2. The lowest BCUT2D eigenvalue weighted by molar-refractivity contribution is -0.272. The topological polar surface area (TPSA) is 62.2 Å². The van der Waals surface area contributed by atoms with Crippen LogP contribution in [-0.2, 0) is 22.8 Å². The van der Waals surface area contributed by atoms with Crippen LogP contribution >= 0.6 is 0 Å². The molecule has 0 aromatic heterocycles. The van der Waals surface area contributed by atoms with Crippen molar-refractivity contribution in [2.24, 2.45) is 5.92 Å². The van der Waals surface area contributed by atoms with E-state index in [0.29, 0.717) is 19.1 Å². The van der Waals surface area contributed by atoms with E-state index < -0.39 is 0 Å². The van der Waals surface area contributed by atoms with Crippen molar-refractivity contribution in [1.82, 2.24) is 5.06 Å². The van der Waals surface area contributed by atoms with Gasteiger partial charge in [0.05, 0.1) is 19.3 Å². The number of nitrogens with zero attached hydrogens (tertiary/aromatic N) is 1. The predicted molar refractivity (Wildman–Crippen MR) is 140 cm³/mol. The van der Waals surface area contributed by atoms with E-state index >= 15 is 0 Å². The number of ether oxygens (including phenoxy) is 1. The SMILES string of the molecule is CC(ON(C(c1ccccc1)C(C)C)C(C)(C)C)c1ccc(COCc2cc(O)cc(O)c2)cc1. The summed E-state index contributed by atoms with van der Waals surface area (Å²) in [5.74, 6) is 0.424. The minimum absolute atomic E-state index is 0.0261. The van der Waals surface area contributed by atoms with Crippen molar-refractivity contribution in [3.05, 3.63) is 95.1 Å². The van der Waals surface area contributed by atoms with Gasteiger partial charge >= 0.3 is 0 Å². The molecule has 0 amide bonds. The van der Waals surface area contributed by atoms with E-state index in [2.05, 4.69) is 83.0 Å². The predicted octanol–water partition coefficient (Wildman–Crippen LogP) is 7.31. The molecule has 0 spiro atoms. The second-order valence-electron chi connectivity index (χ2n) is 10.4. The van der Waals surface area contributed by atoms with Gasteiger partial charge in [0.15, 0.2) is 0 Å². The normalized spacial score (nSPS) is 13.8. The fourth-order valence-corrected chi connectivity index (χ4v) is 4.22. The molecule has 0 radical (unpaired) electrons.